The maximum absolute atomic E-state index is 12.5. The summed E-state index contributed by atoms with van der Waals surface area (Å²) in [5, 5.41) is 9.24. The van der Waals surface area contributed by atoms with Crippen molar-refractivity contribution in [2.45, 2.75) is 25.5 Å². The van der Waals surface area contributed by atoms with Gasteiger partial charge in [-0.1, -0.05) is 11.6 Å². The first kappa shape index (κ1) is 14.3. The molecule has 0 saturated carbocycles. The van der Waals surface area contributed by atoms with Gasteiger partial charge in [-0.25, -0.2) is 4.79 Å². The average molecular weight is 278 g/mol. The fourth-order valence-corrected chi connectivity index (χ4v) is 2.44. The normalized spacial score (nSPS) is 22.0. The van der Waals surface area contributed by atoms with E-state index in [4.69, 9.17) is 10.5 Å². The number of likely N-dealkylation sites (tertiary alicyclic amines) is 1. The number of nitrogens with zero attached hydrogens (tertiary/aromatic N) is 1. The molecule has 1 aromatic carbocycles. The molecule has 1 aliphatic heterocycles. The maximum atomic E-state index is 12.5. The van der Waals surface area contributed by atoms with E-state index in [9.17, 15) is 14.7 Å². The number of anilines is 1. The first-order valence-electron chi connectivity index (χ1n) is 6.36. The maximum Gasteiger partial charge on any atom is 0.326 e. The Hall–Kier alpha value is -2.08. The largest absolute Gasteiger partial charge is 0.480 e. The van der Waals surface area contributed by atoms with Gasteiger partial charge in [-0.2, -0.15) is 0 Å². The molecule has 1 aromatic rings. The lowest BCUT2D eigenvalue weighted by molar-refractivity contribution is -0.141. The number of methoxy groups -OCH3 is 1. The number of rotatable bonds is 3. The molecule has 1 fully saturated rings. The van der Waals surface area contributed by atoms with Crippen molar-refractivity contribution in [3.63, 3.8) is 0 Å². The number of nitrogen functional groups attached to an aromatic ring is 1. The Labute approximate surface area is 117 Å². The van der Waals surface area contributed by atoms with Gasteiger partial charge in [-0.05, 0) is 19.1 Å². The van der Waals surface area contributed by atoms with Crippen LogP contribution in [0.5, 0.6) is 0 Å². The molecule has 2 atom stereocenters. The second-order valence-electron chi connectivity index (χ2n) is 5.00. The summed E-state index contributed by atoms with van der Waals surface area (Å²) in [5.41, 5.74) is 7.41. The van der Waals surface area contributed by atoms with E-state index in [0.717, 1.165) is 5.56 Å². The predicted molar refractivity (Wildman–Crippen MR) is 73.5 cm³/mol. The van der Waals surface area contributed by atoms with Crippen LogP contribution in [0.3, 0.4) is 0 Å². The first-order chi connectivity index (χ1) is 9.43. The van der Waals surface area contributed by atoms with E-state index in [1.165, 1.54) is 12.0 Å². The van der Waals surface area contributed by atoms with Crippen molar-refractivity contribution in [2.75, 3.05) is 19.4 Å². The van der Waals surface area contributed by atoms with Crippen molar-refractivity contribution in [1.29, 1.82) is 0 Å². The van der Waals surface area contributed by atoms with Crippen LogP contribution in [-0.4, -0.2) is 47.7 Å². The van der Waals surface area contributed by atoms with Gasteiger partial charge >= 0.3 is 5.97 Å². The molecule has 0 aliphatic carbocycles. The van der Waals surface area contributed by atoms with Gasteiger partial charge in [0.2, 0.25) is 0 Å². The zero-order valence-corrected chi connectivity index (χ0v) is 11.5. The second kappa shape index (κ2) is 5.50. The highest BCUT2D eigenvalue weighted by Crippen LogP contribution is 2.25. The number of aliphatic carboxylic acids is 1. The molecule has 0 radical (unpaired) electrons. The number of hydrogen-bond donors (Lipinski definition) is 2. The van der Waals surface area contributed by atoms with Crippen LogP contribution >= 0.6 is 0 Å². The Bertz CT molecular complexity index is 544. The van der Waals surface area contributed by atoms with Crippen LogP contribution in [0, 0.1) is 6.92 Å². The monoisotopic (exact) mass is 278 g/mol. The third-order valence-corrected chi connectivity index (χ3v) is 3.58. The van der Waals surface area contributed by atoms with Crippen LogP contribution in [0.2, 0.25) is 0 Å². The molecule has 6 heteroatoms. The number of nitrogens with two attached hydrogens (primary N) is 1. The number of aryl methyl sites for hydroxylation is 1. The molecule has 108 valence electrons. The molecule has 20 heavy (non-hydrogen) atoms. The van der Waals surface area contributed by atoms with Crippen LogP contribution in [0.1, 0.15) is 22.3 Å². The number of carbonyl (C=O) groups excluding carboxylic acids is 1. The predicted octanol–water partition coefficient (Wildman–Crippen LogP) is 0.891. The van der Waals surface area contributed by atoms with E-state index >= 15 is 0 Å². The van der Waals surface area contributed by atoms with Crippen molar-refractivity contribution in [2.24, 2.45) is 0 Å². The number of carbonyl (C=O) groups is 2. The van der Waals surface area contributed by atoms with E-state index in [1.54, 1.807) is 12.1 Å². The van der Waals surface area contributed by atoms with Gasteiger partial charge in [-0.3, -0.25) is 4.79 Å². The van der Waals surface area contributed by atoms with Crippen LogP contribution in [0.25, 0.3) is 0 Å². The number of ether oxygens (including phenoxy) is 1. The standard InChI is InChI=1S/C14H18N2O4/c1-8-3-4-11(15)10(5-8)13(17)16-7-9(20-2)6-12(16)14(18)19/h3-5,9,12H,6-7,15H2,1-2H3,(H,18,19). The Balaban J connectivity index is 2.31. The first-order valence-corrected chi connectivity index (χ1v) is 6.36. The zero-order valence-electron chi connectivity index (χ0n) is 11.5. The average Bonchev–Trinajstić information content (AvgIpc) is 2.85. The lowest BCUT2D eigenvalue weighted by Crippen LogP contribution is -2.40. The van der Waals surface area contributed by atoms with Crippen molar-refractivity contribution in [3.05, 3.63) is 29.3 Å². The summed E-state index contributed by atoms with van der Waals surface area (Å²) in [6, 6.07) is 4.27. The molecular formula is C14H18N2O4. The summed E-state index contributed by atoms with van der Waals surface area (Å²) < 4.78 is 5.17. The molecule has 0 bridgehead atoms. The Morgan fingerprint density at radius 2 is 2.15 bits per heavy atom. The van der Waals surface area contributed by atoms with Crippen molar-refractivity contribution < 1.29 is 19.4 Å². The summed E-state index contributed by atoms with van der Waals surface area (Å²) in [7, 11) is 1.51. The fourth-order valence-electron chi connectivity index (χ4n) is 2.44. The minimum atomic E-state index is -1.02. The summed E-state index contributed by atoms with van der Waals surface area (Å²) in [5.74, 6) is -1.39. The van der Waals surface area contributed by atoms with Gasteiger partial charge in [0.1, 0.15) is 6.04 Å². The molecule has 1 saturated heterocycles. The summed E-state index contributed by atoms with van der Waals surface area (Å²) in [6.07, 6.45) is 0.0367. The molecule has 6 nitrogen and oxygen atoms in total. The Kier molecular flexibility index (Phi) is 3.94. The molecule has 3 N–H and O–H groups in total. The van der Waals surface area contributed by atoms with Gasteiger partial charge in [0.15, 0.2) is 0 Å². The number of carboxylic acids is 1. The Morgan fingerprint density at radius 3 is 2.75 bits per heavy atom. The number of benzene rings is 1. The minimum absolute atomic E-state index is 0.258. The molecule has 1 heterocycles. The van der Waals surface area contributed by atoms with Gasteiger partial charge in [0.25, 0.3) is 5.91 Å². The third kappa shape index (κ3) is 2.60. The summed E-state index contributed by atoms with van der Waals surface area (Å²) in [6.45, 7) is 2.12. The van der Waals surface area contributed by atoms with E-state index < -0.39 is 12.0 Å². The Morgan fingerprint density at radius 1 is 1.45 bits per heavy atom. The molecule has 2 unspecified atom stereocenters. The molecule has 1 aliphatic rings. The summed E-state index contributed by atoms with van der Waals surface area (Å²) >= 11 is 0. The lowest BCUT2D eigenvalue weighted by Gasteiger charge is -2.22. The number of carboxylic acid groups (broad SMARTS) is 1. The minimum Gasteiger partial charge on any atom is -0.480 e. The lowest BCUT2D eigenvalue weighted by atomic mass is 10.1. The quantitative estimate of drug-likeness (QED) is 0.801. The van der Waals surface area contributed by atoms with Gasteiger partial charge in [0, 0.05) is 25.8 Å². The van der Waals surface area contributed by atoms with Crippen LogP contribution in [0.4, 0.5) is 5.69 Å². The fraction of sp³-hybridized carbons (Fsp3) is 0.429. The van der Waals surface area contributed by atoms with E-state index in [1.807, 2.05) is 13.0 Å². The van der Waals surface area contributed by atoms with Crippen molar-refractivity contribution in [1.82, 2.24) is 4.90 Å². The highest BCUT2D eigenvalue weighted by Gasteiger charge is 2.40. The van der Waals surface area contributed by atoms with Crippen LogP contribution < -0.4 is 5.73 Å². The van der Waals surface area contributed by atoms with E-state index in [0.29, 0.717) is 17.7 Å². The zero-order chi connectivity index (χ0) is 14.9. The number of amides is 1. The van der Waals surface area contributed by atoms with Crippen LogP contribution in [0.15, 0.2) is 18.2 Å². The topological polar surface area (TPSA) is 92.9 Å². The van der Waals surface area contributed by atoms with Crippen molar-refractivity contribution >= 4 is 17.6 Å². The SMILES string of the molecule is COC1CC(C(=O)O)N(C(=O)c2cc(C)ccc2N)C1. The smallest absolute Gasteiger partial charge is 0.326 e. The molecule has 2 rings (SSSR count). The number of hydrogen-bond acceptors (Lipinski definition) is 4. The van der Waals surface area contributed by atoms with Crippen molar-refractivity contribution in [3.8, 4) is 0 Å². The van der Waals surface area contributed by atoms with Gasteiger partial charge in [-0.15, -0.1) is 0 Å². The highest BCUT2D eigenvalue weighted by molar-refractivity contribution is 6.01. The molecular weight excluding hydrogens is 260 g/mol. The molecule has 0 spiro atoms. The van der Waals surface area contributed by atoms with Gasteiger partial charge in [0.05, 0.1) is 11.7 Å². The second-order valence-corrected chi connectivity index (χ2v) is 5.00. The third-order valence-electron chi connectivity index (χ3n) is 3.58. The highest BCUT2D eigenvalue weighted by atomic mass is 16.5. The van der Waals surface area contributed by atoms with Gasteiger partial charge < -0.3 is 20.5 Å². The molecule has 1 amide bonds. The van der Waals surface area contributed by atoms with E-state index in [2.05, 4.69) is 0 Å². The van der Waals surface area contributed by atoms with Crippen LogP contribution in [-0.2, 0) is 9.53 Å². The van der Waals surface area contributed by atoms with E-state index in [-0.39, 0.29) is 18.6 Å². The summed E-state index contributed by atoms with van der Waals surface area (Å²) in [4.78, 5) is 25.1. The molecule has 0 aromatic heterocycles.